The second-order valence-electron chi connectivity index (χ2n) is 5.24. The van der Waals surface area contributed by atoms with Crippen molar-refractivity contribution in [2.24, 2.45) is 0 Å². The molecule has 0 aromatic heterocycles. The number of amides is 3. The molecule has 0 aliphatic carbocycles. The Morgan fingerprint density at radius 3 is 2.50 bits per heavy atom. The minimum Gasteiger partial charge on any atom is -0.329 e. The van der Waals surface area contributed by atoms with E-state index in [2.05, 4.69) is 5.32 Å². The van der Waals surface area contributed by atoms with Crippen LogP contribution in [0.4, 0.5) is 4.79 Å². The molecule has 0 atom stereocenters. The van der Waals surface area contributed by atoms with Gasteiger partial charge in [0, 0.05) is 18.1 Å². The van der Waals surface area contributed by atoms with Crippen molar-refractivity contribution in [1.82, 2.24) is 14.5 Å². The Morgan fingerprint density at radius 2 is 1.91 bits per heavy atom. The number of carbonyl (C=O) groups excluding carboxylic acids is 2. The van der Waals surface area contributed by atoms with Gasteiger partial charge in [0.2, 0.25) is 15.9 Å². The second kappa shape index (κ2) is 5.53. The predicted octanol–water partition coefficient (Wildman–Crippen LogP) is 0.406. The van der Waals surface area contributed by atoms with Crippen LogP contribution < -0.4 is 5.32 Å². The SMILES string of the molecule is O=C1CNC(=O)N1C1CN(S(=O)(=O)Cc2ccccc2Cl)C1. The maximum atomic E-state index is 12.3. The molecule has 118 valence electrons. The molecule has 3 rings (SSSR count). The van der Waals surface area contributed by atoms with Crippen LogP contribution in [0.5, 0.6) is 0 Å². The summed E-state index contributed by atoms with van der Waals surface area (Å²) in [5.74, 6) is -0.516. The predicted molar refractivity (Wildman–Crippen MR) is 79.7 cm³/mol. The van der Waals surface area contributed by atoms with Crippen LogP contribution in [0, 0.1) is 0 Å². The second-order valence-corrected chi connectivity index (χ2v) is 7.62. The zero-order chi connectivity index (χ0) is 15.9. The average Bonchev–Trinajstić information content (AvgIpc) is 2.71. The lowest BCUT2D eigenvalue weighted by molar-refractivity contribution is -0.128. The number of halogens is 1. The molecule has 2 aliphatic heterocycles. The van der Waals surface area contributed by atoms with Gasteiger partial charge in [0.15, 0.2) is 0 Å². The molecule has 3 amide bonds. The van der Waals surface area contributed by atoms with Gasteiger partial charge in [-0.2, -0.15) is 4.31 Å². The normalized spacial score (nSPS) is 20.1. The fourth-order valence-electron chi connectivity index (χ4n) is 2.51. The summed E-state index contributed by atoms with van der Waals surface area (Å²) in [6.45, 7) is 0.236. The highest BCUT2D eigenvalue weighted by Gasteiger charge is 2.45. The third kappa shape index (κ3) is 2.69. The zero-order valence-electron chi connectivity index (χ0n) is 11.5. The number of hydrogen-bond donors (Lipinski definition) is 1. The van der Waals surface area contributed by atoms with Crippen LogP contribution in [0.2, 0.25) is 5.02 Å². The maximum Gasteiger partial charge on any atom is 0.324 e. The summed E-state index contributed by atoms with van der Waals surface area (Å²) in [5.41, 5.74) is 0.530. The minimum atomic E-state index is -3.52. The average molecular weight is 344 g/mol. The van der Waals surface area contributed by atoms with Gasteiger partial charge in [0.1, 0.15) is 0 Å². The number of sulfonamides is 1. The molecule has 9 heteroatoms. The van der Waals surface area contributed by atoms with Crippen LogP contribution in [-0.2, 0) is 20.6 Å². The van der Waals surface area contributed by atoms with Crippen LogP contribution in [-0.4, -0.2) is 55.2 Å². The molecule has 0 spiro atoms. The van der Waals surface area contributed by atoms with Crippen molar-refractivity contribution < 1.29 is 18.0 Å². The van der Waals surface area contributed by atoms with E-state index in [0.29, 0.717) is 10.6 Å². The van der Waals surface area contributed by atoms with Crippen molar-refractivity contribution in [1.29, 1.82) is 0 Å². The van der Waals surface area contributed by atoms with Crippen LogP contribution in [0.1, 0.15) is 5.56 Å². The number of imide groups is 1. The fraction of sp³-hybridized carbons (Fsp3) is 0.385. The van der Waals surface area contributed by atoms with Gasteiger partial charge in [0.25, 0.3) is 0 Å². The third-order valence-corrected chi connectivity index (χ3v) is 5.89. The first-order valence-corrected chi connectivity index (χ1v) is 8.68. The molecule has 1 N–H and O–H groups in total. The van der Waals surface area contributed by atoms with E-state index >= 15 is 0 Å². The van der Waals surface area contributed by atoms with Crippen LogP contribution in [0.3, 0.4) is 0 Å². The smallest absolute Gasteiger partial charge is 0.324 e. The molecule has 0 radical (unpaired) electrons. The molecule has 0 saturated carbocycles. The number of urea groups is 1. The van der Waals surface area contributed by atoms with Gasteiger partial charge in [-0.25, -0.2) is 13.2 Å². The Kier molecular flexibility index (Phi) is 3.84. The van der Waals surface area contributed by atoms with E-state index in [1.165, 1.54) is 4.31 Å². The van der Waals surface area contributed by atoms with Gasteiger partial charge < -0.3 is 5.32 Å². The summed E-state index contributed by atoms with van der Waals surface area (Å²) >= 11 is 5.98. The summed E-state index contributed by atoms with van der Waals surface area (Å²) in [4.78, 5) is 24.2. The van der Waals surface area contributed by atoms with Crippen LogP contribution in [0.15, 0.2) is 24.3 Å². The highest BCUT2D eigenvalue weighted by atomic mass is 35.5. The van der Waals surface area contributed by atoms with Gasteiger partial charge in [-0.1, -0.05) is 29.8 Å². The molecule has 1 aromatic carbocycles. The van der Waals surface area contributed by atoms with Crippen molar-refractivity contribution in [3.63, 3.8) is 0 Å². The maximum absolute atomic E-state index is 12.3. The standard InChI is InChI=1S/C13H14ClN3O4S/c14-11-4-2-1-3-9(11)8-22(20,21)16-6-10(7-16)17-12(18)5-15-13(17)19/h1-4,10H,5-8H2,(H,15,19). The largest absolute Gasteiger partial charge is 0.329 e. The summed E-state index contributed by atoms with van der Waals surface area (Å²) in [7, 11) is -3.52. The van der Waals surface area contributed by atoms with Crippen molar-refractivity contribution in [3.05, 3.63) is 34.9 Å². The molecule has 0 unspecified atom stereocenters. The number of benzene rings is 1. The zero-order valence-corrected chi connectivity index (χ0v) is 13.1. The van der Waals surface area contributed by atoms with Gasteiger partial charge in [-0.05, 0) is 11.6 Å². The molecule has 2 aliphatic rings. The van der Waals surface area contributed by atoms with Gasteiger partial charge in [-0.3, -0.25) is 9.69 Å². The Hall–Kier alpha value is -1.64. The molecule has 22 heavy (non-hydrogen) atoms. The number of carbonyl (C=O) groups is 2. The first-order chi connectivity index (χ1) is 10.4. The Morgan fingerprint density at radius 1 is 1.23 bits per heavy atom. The van der Waals surface area contributed by atoms with E-state index in [9.17, 15) is 18.0 Å². The summed E-state index contributed by atoms with van der Waals surface area (Å²) in [6, 6.07) is 5.90. The lowest BCUT2D eigenvalue weighted by Gasteiger charge is -2.41. The monoisotopic (exact) mass is 343 g/mol. The van der Waals surface area contributed by atoms with E-state index < -0.39 is 22.1 Å². The van der Waals surface area contributed by atoms with Crippen molar-refractivity contribution >= 4 is 33.6 Å². The first-order valence-electron chi connectivity index (χ1n) is 6.69. The Labute approximate surface area is 132 Å². The number of hydrogen-bond acceptors (Lipinski definition) is 4. The fourth-order valence-corrected chi connectivity index (χ4v) is 4.42. The summed E-state index contributed by atoms with van der Waals surface area (Å²) in [6.07, 6.45) is 0. The first kappa shape index (κ1) is 15.3. The van der Waals surface area contributed by atoms with Crippen LogP contribution >= 0.6 is 11.6 Å². The number of nitrogens with one attached hydrogen (secondary N) is 1. The topological polar surface area (TPSA) is 86.8 Å². The van der Waals surface area contributed by atoms with Crippen molar-refractivity contribution in [2.75, 3.05) is 19.6 Å². The molecule has 2 saturated heterocycles. The van der Waals surface area contributed by atoms with E-state index in [-0.39, 0.29) is 31.3 Å². The Bertz CT molecular complexity index is 715. The molecule has 0 bridgehead atoms. The van der Waals surface area contributed by atoms with E-state index in [0.717, 1.165) is 4.90 Å². The molecular formula is C13H14ClN3O4S. The number of nitrogens with zero attached hydrogens (tertiary/aromatic N) is 2. The van der Waals surface area contributed by atoms with E-state index in [1.807, 2.05) is 0 Å². The lowest BCUT2D eigenvalue weighted by Crippen LogP contribution is -2.62. The molecule has 1 aromatic rings. The highest BCUT2D eigenvalue weighted by Crippen LogP contribution is 2.25. The van der Waals surface area contributed by atoms with E-state index in [4.69, 9.17) is 11.6 Å². The van der Waals surface area contributed by atoms with Crippen molar-refractivity contribution in [2.45, 2.75) is 11.8 Å². The summed E-state index contributed by atoms with van der Waals surface area (Å²) in [5, 5.41) is 2.82. The van der Waals surface area contributed by atoms with Crippen LogP contribution in [0.25, 0.3) is 0 Å². The van der Waals surface area contributed by atoms with Gasteiger partial charge in [-0.15, -0.1) is 0 Å². The third-order valence-electron chi connectivity index (χ3n) is 3.76. The Balaban J connectivity index is 1.65. The molecule has 2 heterocycles. The number of rotatable bonds is 4. The lowest BCUT2D eigenvalue weighted by atomic mass is 10.1. The molecular weight excluding hydrogens is 330 g/mol. The van der Waals surface area contributed by atoms with E-state index in [1.54, 1.807) is 24.3 Å². The highest BCUT2D eigenvalue weighted by molar-refractivity contribution is 7.88. The molecule has 7 nitrogen and oxygen atoms in total. The molecule has 2 fully saturated rings. The summed E-state index contributed by atoms with van der Waals surface area (Å²) < 4.78 is 25.9. The van der Waals surface area contributed by atoms with Gasteiger partial charge in [0.05, 0.1) is 18.3 Å². The van der Waals surface area contributed by atoms with Gasteiger partial charge >= 0.3 is 6.03 Å². The van der Waals surface area contributed by atoms with Crippen molar-refractivity contribution in [3.8, 4) is 0 Å². The quantitative estimate of drug-likeness (QED) is 0.802. The minimum absolute atomic E-state index is 0.0261.